The Morgan fingerprint density at radius 1 is 0.800 bits per heavy atom. The predicted molar refractivity (Wildman–Crippen MR) is 137 cm³/mol. The van der Waals surface area contributed by atoms with Crippen molar-refractivity contribution in [2.24, 2.45) is 0 Å². The van der Waals surface area contributed by atoms with Crippen LogP contribution in [0.2, 0.25) is 0 Å². The summed E-state index contributed by atoms with van der Waals surface area (Å²) in [5, 5.41) is 0. The summed E-state index contributed by atoms with van der Waals surface area (Å²) in [7, 11) is 4.18. The minimum atomic E-state index is 0.738. The van der Waals surface area contributed by atoms with Crippen molar-refractivity contribution in [3.63, 3.8) is 0 Å². The van der Waals surface area contributed by atoms with Crippen LogP contribution in [-0.4, -0.2) is 32.1 Å². The standard InChI is InChI=1S/C27H30INO/c1-4-26(21-9-6-5-7-10-21)27(22-11-15-24(28)16-12-22)23-13-17-25(18-14-23)30-20-8-19-29(2)3/h5-7,9-18H,4,8,19-20H2,1-3H3/b27-26+. The Hall–Kier alpha value is -2.11. The number of hydrogen-bond donors (Lipinski definition) is 0. The molecule has 0 unspecified atom stereocenters. The molecule has 0 amide bonds. The summed E-state index contributed by atoms with van der Waals surface area (Å²) >= 11 is 2.36. The molecule has 0 spiro atoms. The number of halogens is 1. The molecule has 3 aromatic carbocycles. The zero-order chi connectivity index (χ0) is 21.3. The lowest BCUT2D eigenvalue weighted by molar-refractivity contribution is 0.281. The van der Waals surface area contributed by atoms with Gasteiger partial charge < -0.3 is 9.64 Å². The van der Waals surface area contributed by atoms with Gasteiger partial charge in [0.2, 0.25) is 0 Å². The predicted octanol–water partition coefficient (Wildman–Crippen LogP) is 6.99. The highest BCUT2D eigenvalue weighted by Crippen LogP contribution is 2.35. The van der Waals surface area contributed by atoms with Gasteiger partial charge in [0.25, 0.3) is 0 Å². The second-order valence-electron chi connectivity index (χ2n) is 7.61. The Morgan fingerprint density at radius 3 is 1.97 bits per heavy atom. The summed E-state index contributed by atoms with van der Waals surface area (Å²) in [6.07, 6.45) is 1.99. The zero-order valence-electron chi connectivity index (χ0n) is 18.1. The first-order valence-corrected chi connectivity index (χ1v) is 11.6. The van der Waals surface area contributed by atoms with Gasteiger partial charge in [-0.1, -0.05) is 61.5 Å². The number of rotatable bonds is 9. The lowest BCUT2D eigenvalue weighted by atomic mass is 9.88. The smallest absolute Gasteiger partial charge is 0.119 e. The molecule has 0 aliphatic rings. The maximum atomic E-state index is 5.94. The van der Waals surface area contributed by atoms with Gasteiger partial charge in [-0.2, -0.15) is 0 Å². The first kappa shape index (κ1) is 22.6. The van der Waals surface area contributed by atoms with Crippen LogP contribution in [0.5, 0.6) is 5.75 Å². The molecule has 0 bridgehead atoms. The summed E-state index contributed by atoms with van der Waals surface area (Å²) < 4.78 is 7.19. The van der Waals surface area contributed by atoms with Crippen LogP contribution < -0.4 is 4.74 Å². The van der Waals surface area contributed by atoms with Gasteiger partial charge in [-0.05, 0) is 102 Å². The average Bonchev–Trinajstić information content (AvgIpc) is 2.77. The monoisotopic (exact) mass is 511 g/mol. The molecule has 2 nitrogen and oxygen atoms in total. The third-order valence-corrected chi connectivity index (χ3v) is 5.79. The molecule has 156 valence electrons. The molecule has 0 aliphatic carbocycles. The van der Waals surface area contributed by atoms with Crippen molar-refractivity contribution < 1.29 is 4.74 Å². The van der Waals surface area contributed by atoms with Crippen molar-refractivity contribution in [2.45, 2.75) is 19.8 Å². The first-order valence-electron chi connectivity index (χ1n) is 10.5. The summed E-state index contributed by atoms with van der Waals surface area (Å²) in [4.78, 5) is 2.18. The van der Waals surface area contributed by atoms with E-state index in [1.807, 2.05) is 0 Å². The fourth-order valence-electron chi connectivity index (χ4n) is 3.58. The van der Waals surface area contributed by atoms with Crippen molar-refractivity contribution in [1.82, 2.24) is 4.90 Å². The molecule has 0 aliphatic heterocycles. The van der Waals surface area contributed by atoms with Crippen LogP contribution in [0, 0.1) is 3.57 Å². The quantitative estimate of drug-likeness (QED) is 0.174. The number of allylic oxidation sites excluding steroid dienone is 1. The Morgan fingerprint density at radius 2 is 1.40 bits per heavy atom. The fourth-order valence-corrected chi connectivity index (χ4v) is 3.94. The summed E-state index contributed by atoms with van der Waals surface area (Å²) in [5.41, 5.74) is 6.39. The van der Waals surface area contributed by atoms with Crippen LogP contribution in [0.4, 0.5) is 0 Å². The normalized spacial score (nSPS) is 12.0. The Balaban J connectivity index is 1.95. The molecule has 30 heavy (non-hydrogen) atoms. The topological polar surface area (TPSA) is 12.5 Å². The molecule has 3 aromatic rings. The van der Waals surface area contributed by atoms with E-state index in [0.29, 0.717) is 0 Å². The van der Waals surface area contributed by atoms with Gasteiger partial charge in [0.1, 0.15) is 5.75 Å². The molecular weight excluding hydrogens is 481 g/mol. The zero-order valence-corrected chi connectivity index (χ0v) is 20.2. The second kappa shape index (κ2) is 11.3. The van der Waals surface area contributed by atoms with E-state index in [1.54, 1.807) is 0 Å². The number of hydrogen-bond acceptors (Lipinski definition) is 2. The Bertz CT molecular complexity index is 944. The van der Waals surface area contributed by atoms with Gasteiger partial charge in [0.05, 0.1) is 6.61 Å². The Labute approximate surface area is 194 Å². The molecule has 0 N–H and O–H groups in total. The Kier molecular flexibility index (Phi) is 8.52. The van der Waals surface area contributed by atoms with Crippen molar-refractivity contribution in [2.75, 3.05) is 27.2 Å². The van der Waals surface area contributed by atoms with Crippen LogP contribution in [0.25, 0.3) is 11.1 Å². The van der Waals surface area contributed by atoms with E-state index in [-0.39, 0.29) is 0 Å². The summed E-state index contributed by atoms with van der Waals surface area (Å²) in [5.74, 6) is 0.928. The van der Waals surface area contributed by atoms with Gasteiger partial charge in [-0.25, -0.2) is 0 Å². The van der Waals surface area contributed by atoms with Gasteiger partial charge in [-0.15, -0.1) is 0 Å². The van der Waals surface area contributed by atoms with E-state index in [9.17, 15) is 0 Å². The molecule has 0 radical (unpaired) electrons. The van der Waals surface area contributed by atoms with Crippen LogP contribution in [0.1, 0.15) is 36.5 Å². The van der Waals surface area contributed by atoms with E-state index in [1.165, 1.54) is 31.4 Å². The van der Waals surface area contributed by atoms with Crippen molar-refractivity contribution in [3.8, 4) is 5.75 Å². The van der Waals surface area contributed by atoms with E-state index in [4.69, 9.17) is 4.74 Å². The van der Waals surface area contributed by atoms with E-state index in [0.717, 1.165) is 31.7 Å². The summed E-state index contributed by atoms with van der Waals surface area (Å²) in [6.45, 7) is 4.01. The van der Waals surface area contributed by atoms with Crippen molar-refractivity contribution >= 4 is 33.7 Å². The first-order chi connectivity index (χ1) is 14.6. The SMILES string of the molecule is CC/C(=C(/c1ccc(I)cc1)c1ccc(OCCCN(C)C)cc1)c1ccccc1. The fraction of sp³-hybridized carbons (Fsp3) is 0.259. The highest BCUT2D eigenvalue weighted by atomic mass is 127. The number of nitrogens with zero attached hydrogens (tertiary/aromatic N) is 1. The molecule has 0 aromatic heterocycles. The van der Waals surface area contributed by atoms with Crippen molar-refractivity contribution in [3.05, 3.63) is 99.1 Å². The van der Waals surface area contributed by atoms with Crippen LogP contribution >= 0.6 is 22.6 Å². The maximum Gasteiger partial charge on any atom is 0.119 e. The summed E-state index contributed by atoms with van der Waals surface area (Å²) in [6, 6.07) is 28.1. The molecule has 0 fully saturated rings. The second-order valence-corrected chi connectivity index (χ2v) is 8.86. The van der Waals surface area contributed by atoms with E-state index < -0.39 is 0 Å². The molecular formula is C27H30INO. The maximum absolute atomic E-state index is 5.94. The largest absolute Gasteiger partial charge is 0.494 e. The van der Waals surface area contributed by atoms with E-state index in [2.05, 4.69) is 127 Å². The third kappa shape index (κ3) is 6.19. The van der Waals surface area contributed by atoms with Gasteiger partial charge in [0, 0.05) is 10.1 Å². The minimum Gasteiger partial charge on any atom is -0.494 e. The van der Waals surface area contributed by atoms with Gasteiger partial charge in [0.15, 0.2) is 0 Å². The molecule has 0 saturated heterocycles. The van der Waals surface area contributed by atoms with Crippen LogP contribution in [0.3, 0.4) is 0 Å². The number of benzene rings is 3. The van der Waals surface area contributed by atoms with Crippen LogP contribution in [-0.2, 0) is 0 Å². The lowest BCUT2D eigenvalue weighted by Crippen LogP contribution is -2.15. The molecule has 3 rings (SSSR count). The average molecular weight is 511 g/mol. The van der Waals surface area contributed by atoms with Gasteiger partial charge >= 0.3 is 0 Å². The molecule has 0 heterocycles. The highest BCUT2D eigenvalue weighted by Gasteiger charge is 2.13. The highest BCUT2D eigenvalue weighted by molar-refractivity contribution is 14.1. The number of ether oxygens (including phenoxy) is 1. The molecule has 0 atom stereocenters. The minimum absolute atomic E-state index is 0.738. The van der Waals surface area contributed by atoms with Gasteiger partial charge in [-0.3, -0.25) is 0 Å². The molecule has 3 heteroatoms. The third-order valence-electron chi connectivity index (χ3n) is 5.07. The lowest BCUT2D eigenvalue weighted by Gasteiger charge is -2.17. The van der Waals surface area contributed by atoms with E-state index >= 15 is 0 Å². The van der Waals surface area contributed by atoms with Crippen molar-refractivity contribution in [1.29, 1.82) is 0 Å². The molecule has 0 saturated carbocycles. The van der Waals surface area contributed by atoms with Crippen LogP contribution in [0.15, 0.2) is 78.9 Å².